The molecule has 5 nitrogen and oxygen atoms in total. The summed E-state index contributed by atoms with van der Waals surface area (Å²) in [6.07, 6.45) is 3.90. The van der Waals surface area contributed by atoms with Gasteiger partial charge in [-0.05, 0) is 18.6 Å². The first-order valence-electron chi connectivity index (χ1n) is 5.10. The van der Waals surface area contributed by atoms with Crippen molar-refractivity contribution < 1.29 is 4.79 Å². The van der Waals surface area contributed by atoms with Crippen molar-refractivity contribution in [1.29, 1.82) is 0 Å². The van der Waals surface area contributed by atoms with Crippen LogP contribution in [0.4, 0.5) is 0 Å². The third-order valence-corrected chi connectivity index (χ3v) is 2.30. The Bertz CT molecular complexity index is 527. The van der Waals surface area contributed by atoms with Crippen LogP contribution in [-0.2, 0) is 11.3 Å². The number of nitrogens with one attached hydrogen (secondary N) is 1. The molecule has 2 heterocycles. The summed E-state index contributed by atoms with van der Waals surface area (Å²) in [7, 11) is 0. The van der Waals surface area contributed by atoms with Crippen LogP contribution < -0.4 is 11.1 Å². The molecule has 2 aromatic rings. The van der Waals surface area contributed by atoms with Gasteiger partial charge in [0, 0.05) is 12.4 Å². The molecule has 3 N–H and O–H groups in total. The summed E-state index contributed by atoms with van der Waals surface area (Å²) >= 11 is 0. The fourth-order valence-corrected chi connectivity index (χ4v) is 1.50. The average Bonchev–Trinajstić information content (AvgIpc) is 2.67. The molecule has 0 spiro atoms. The van der Waals surface area contributed by atoms with Crippen molar-refractivity contribution in [2.24, 2.45) is 5.73 Å². The molecule has 0 radical (unpaired) electrons. The molecule has 0 aliphatic rings. The molecule has 0 saturated carbocycles. The van der Waals surface area contributed by atoms with E-state index in [1.54, 1.807) is 0 Å². The molecule has 18 heavy (non-hydrogen) atoms. The Hall–Kier alpha value is -1.30. The number of hydrogen-bond acceptors (Lipinski definition) is 3. The molecule has 0 unspecified atom stereocenters. The number of aryl methyl sites for hydroxylation is 1. The predicted molar refractivity (Wildman–Crippen MR) is 75.3 cm³/mol. The third-order valence-electron chi connectivity index (χ3n) is 2.30. The Morgan fingerprint density at radius 3 is 2.78 bits per heavy atom. The molecule has 0 aliphatic carbocycles. The zero-order valence-electron chi connectivity index (χ0n) is 9.92. The number of rotatable bonds is 3. The fourth-order valence-electron chi connectivity index (χ4n) is 1.50. The number of nitrogens with two attached hydrogens (primary N) is 1. The number of imidazole rings is 1. The SMILES string of the molecule is Cc1ccc2nc(CNC(=O)CN)cn2c1.Cl.Cl. The van der Waals surface area contributed by atoms with Crippen molar-refractivity contribution >= 4 is 36.4 Å². The molecule has 0 saturated heterocycles. The van der Waals surface area contributed by atoms with E-state index in [0.717, 1.165) is 11.3 Å². The van der Waals surface area contributed by atoms with Crippen molar-refractivity contribution in [3.8, 4) is 0 Å². The quantitative estimate of drug-likeness (QED) is 0.888. The van der Waals surface area contributed by atoms with Crippen LogP contribution in [0.25, 0.3) is 5.65 Å². The molecule has 100 valence electrons. The first kappa shape index (κ1) is 16.7. The molecule has 0 bridgehead atoms. The maximum atomic E-state index is 11.0. The first-order valence-corrected chi connectivity index (χ1v) is 5.10. The molecule has 2 rings (SSSR count). The Kier molecular flexibility index (Phi) is 6.68. The number of pyridine rings is 1. The molecule has 0 aromatic carbocycles. The minimum absolute atomic E-state index is 0. The number of carbonyl (C=O) groups excluding carboxylic acids is 1. The Labute approximate surface area is 118 Å². The monoisotopic (exact) mass is 290 g/mol. The summed E-state index contributed by atoms with van der Waals surface area (Å²) < 4.78 is 1.94. The molecule has 7 heteroatoms. The standard InChI is InChI=1S/C11H14N4O.2ClH/c1-8-2-3-10-14-9(7-15(10)6-8)5-13-11(16)4-12;;/h2-3,6-7H,4-5,12H2,1H3,(H,13,16);2*1H. The van der Waals surface area contributed by atoms with Crippen LogP contribution in [0.1, 0.15) is 11.3 Å². The second-order valence-electron chi connectivity index (χ2n) is 3.69. The number of fused-ring (bicyclic) bond motifs is 1. The normalized spacial score (nSPS) is 9.44. The van der Waals surface area contributed by atoms with Crippen molar-refractivity contribution in [3.63, 3.8) is 0 Å². The molecular weight excluding hydrogens is 275 g/mol. The molecule has 0 atom stereocenters. The second kappa shape index (κ2) is 7.20. The van der Waals surface area contributed by atoms with E-state index in [1.807, 2.05) is 35.9 Å². The summed E-state index contributed by atoms with van der Waals surface area (Å²) in [6.45, 7) is 2.44. The number of amides is 1. The number of aromatic nitrogens is 2. The Balaban J connectivity index is 0.00000144. The highest BCUT2D eigenvalue weighted by atomic mass is 35.5. The molecule has 1 amide bonds. The van der Waals surface area contributed by atoms with Gasteiger partial charge in [0.15, 0.2) is 0 Å². The Morgan fingerprint density at radius 2 is 2.11 bits per heavy atom. The largest absolute Gasteiger partial charge is 0.349 e. The van der Waals surface area contributed by atoms with Gasteiger partial charge in [0.25, 0.3) is 0 Å². The number of halogens is 2. The van der Waals surface area contributed by atoms with Crippen LogP contribution in [-0.4, -0.2) is 21.8 Å². The van der Waals surface area contributed by atoms with Gasteiger partial charge in [0.2, 0.25) is 5.91 Å². The van der Waals surface area contributed by atoms with Gasteiger partial charge in [-0.25, -0.2) is 4.98 Å². The first-order chi connectivity index (χ1) is 7.69. The van der Waals surface area contributed by atoms with E-state index < -0.39 is 0 Å². The number of nitrogens with zero attached hydrogens (tertiary/aromatic N) is 2. The van der Waals surface area contributed by atoms with Crippen LogP contribution in [0, 0.1) is 6.92 Å². The molecular formula is C11H16Cl2N4O. The maximum absolute atomic E-state index is 11.0. The van der Waals surface area contributed by atoms with Gasteiger partial charge in [-0.1, -0.05) is 6.07 Å². The van der Waals surface area contributed by atoms with Crippen molar-refractivity contribution in [2.45, 2.75) is 13.5 Å². The summed E-state index contributed by atoms with van der Waals surface area (Å²) in [6, 6.07) is 3.95. The van der Waals surface area contributed by atoms with Crippen LogP contribution in [0.3, 0.4) is 0 Å². The smallest absolute Gasteiger partial charge is 0.234 e. The summed E-state index contributed by atoms with van der Waals surface area (Å²) in [4.78, 5) is 15.4. The van der Waals surface area contributed by atoms with E-state index in [4.69, 9.17) is 5.73 Å². The van der Waals surface area contributed by atoms with Gasteiger partial charge in [-0.2, -0.15) is 0 Å². The lowest BCUT2D eigenvalue weighted by atomic mass is 10.3. The van der Waals surface area contributed by atoms with E-state index in [0.29, 0.717) is 6.54 Å². The third kappa shape index (κ3) is 3.87. The minimum Gasteiger partial charge on any atom is -0.349 e. The van der Waals surface area contributed by atoms with Gasteiger partial charge in [0.1, 0.15) is 5.65 Å². The number of hydrogen-bond donors (Lipinski definition) is 2. The average molecular weight is 291 g/mol. The van der Waals surface area contributed by atoms with E-state index in [1.165, 1.54) is 5.56 Å². The van der Waals surface area contributed by atoms with Crippen LogP contribution in [0.2, 0.25) is 0 Å². The van der Waals surface area contributed by atoms with Crippen LogP contribution in [0.15, 0.2) is 24.5 Å². The minimum atomic E-state index is -0.173. The fraction of sp³-hybridized carbons (Fsp3) is 0.273. The Morgan fingerprint density at radius 1 is 1.39 bits per heavy atom. The van der Waals surface area contributed by atoms with Gasteiger partial charge >= 0.3 is 0 Å². The predicted octanol–water partition coefficient (Wildman–Crippen LogP) is 1.06. The summed E-state index contributed by atoms with van der Waals surface area (Å²) in [5.74, 6) is -0.173. The van der Waals surface area contributed by atoms with Gasteiger partial charge in [-0.3, -0.25) is 4.79 Å². The highest BCUT2D eigenvalue weighted by molar-refractivity contribution is 5.85. The lowest BCUT2D eigenvalue weighted by Crippen LogP contribution is -2.29. The molecule has 0 aliphatic heterocycles. The van der Waals surface area contributed by atoms with E-state index in [-0.39, 0.29) is 37.3 Å². The highest BCUT2D eigenvalue weighted by Gasteiger charge is 2.03. The number of carbonyl (C=O) groups is 1. The molecule has 0 fully saturated rings. The van der Waals surface area contributed by atoms with Crippen molar-refractivity contribution in [1.82, 2.24) is 14.7 Å². The zero-order valence-corrected chi connectivity index (χ0v) is 11.6. The lowest BCUT2D eigenvalue weighted by molar-refractivity contribution is -0.119. The molecule has 2 aromatic heterocycles. The highest BCUT2D eigenvalue weighted by Crippen LogP contribution is 2.06. The second-order valence-corrected chi connectivity index (χ2v) is 3.69. The van der Waals surface area contributed by atoms with Crippen molar-refractivity contribution in [2.75, 3.05) is 6.54 Å². The van der Waals surface area contributed by atoms with Crippen LogP contribution >= 0.6 is 24.8 Å². The summed E-state index contributed by atoms with van der Waals surface area (Å²) in [5, 5.41) is 2.68. The lowest BCUT2D eigenvalue weighted by Gasteiger charge is -1.98. The van der Waals surface area contributed by atoms with Crippen LogP contribution in [0.5, 0.6) is 0 Å². The topological polar surface area (TPSA) is 72.4 Å². The van der Waals surface area contributed by atoms with Gasteiger partial charge in [0.05, 0.1) is 18.8 Å². The maximum Gasteiger partial charge on any atom is 0.234 e. The zero-order chi connectivity index (χ0) is 11.5. The van der Waals surface area contributed by atoms with E-state index in [2.05, 4.69) is 10.3 Å². The van der Waals surface area contributed by atoms with Gasteiger partial charge < -0.3 is 15.5 Å². The van der Waals surface area contributed by atoms with Gasteiger partial charge in [-0.15, -0.1) is 24.8 Å². The van der Waals surface area contributed by atoms with E-state index >= 15 is 0 Å². The van der Waals surface area contributed by atoms with E-state index in [9.17, 15) is 4.79 Å². The summed E-state index contributed by atoms with van der Waals surface area (Å²) in [5.41, 5.74) is 8.07. The van der Waals surface area contributed by atoms with Crippen molar-refractivity contribution in [3.05, 3.63) is 35.8 Å².